The lowest BCUT2D eigenvalue weighted by atomic mass is 9.74. The zero-order chi connectivity index (χ0) is 14.8. The molecule has 3 unspecified atom stereocenters. The van der Waals surface area contributed by atoms with Gasteiger partial charge in [0.2, 0.25) is 0 Å². The molecule has 2 rings (SSSR count). The van der Waals surface area contributed by atoms with E-state index in [0.29, 0.717) is 23.4 Å². The first-order chi connectivity index (χ1) is 9.39. The van der Waals surface area contributed by atoms with Crippen molar-refractivity contribution in [2.45, 2.75) is 44.4 Å². The Hall–Kier alpha value is -0.740. The van der Waals surface area contributed by atoms with Crippen LogP contribution in [0.2, 0.25) is 5.02 Å². The molecule has 0 aliphatic heterocycles. The molecule has 1 nitrogen and oxygen atoms in total. The summed E-state index contributed by atoms with van der Waals surface area (Å²) in [6, 6.07) is 6.97. The van der Waals surface area contributed by atoms with Gasteiger partial charge in [0.25, 0.3) is 0 Å². The van der Waals surface area contributed by atoms with Crippen molar-refractivity contribution in [1.29, 1.82) is 0 Å². The molecule has 1 saturated carbocycles. The largest absolute Gasteiger partial charge is 0.392 e. The fourth-order valence-electron chi connectivity index (χ4n) is 3.07. The Balaban J connectivity index is 2.10. The van der Waals surface area contributed by atoms with Crippen LogP contribution < -0.4 is 0 Å². The SMILES string of the molecule is OC(Cc1ccccc1Cl)C1CCCCC1C(F)(F)F. The predicted octanol–water partition coefficient (Wildman–Crippen LogP) is 4.61. The van der Waals surface area contributed by atoms with Gasteiger partial charge >= 0.3 is 6.18 Å². The van der Waals surface area contributed by atoms with E-state index in [1.807, 2.05) is 0 Å². The van der Waals surface area contributed by atoms with Crippen molar-refractivity contribution in [3.05, 3.63) is 34.9 Å². The van der Waals surface area contributed by atoms with Crippen molar-refractivity contribution >= 4 is 11.6 Å². The van der Waals surface area contributed by atoms with Gasteiger partial charge < -0.3 is 5.11 Å². The minimum absolute atomic E-state index is 0.119. The van der Waals surface area contributed by atoms with Crippen molar-refractivity contribution in [1.82, 2.24) is 0 Å². The van der Waals surface area contributed by atoms with Crippen LogP contribution in [0.1, 0.15) is 31.2 Å². The van der Waals surface area contributed by atoms with Gasteiger partial charge in [0.15, 0.2) is 0 Å². The normalized spacial score (nSPS) is 25.4. The Labute approximate surface area is 121 Å². The maximum atomic E-state index is 13.0. The predicted molar refractivity (Wildman–Crippen MR) is 72.7 cm³/mol. The van der Waals surface area contributed by atoms with Gasteiger partial charge in [-0.3, -0.25) is 0 Å². The average molecular weight is 307 g/mol. The summed E-state index contributed by atoms with van der Waals surface area (Å²) in [4.78, 5) is 0. The summed E-state index contributed by atoms with van der Waals surface area (Å²) in [6.07, 6.45) is -3.18. The quantitative estimate of drug-likeness (QED) is 0.864. The van der Waals surface area contributed by atoms with Gasteiger partial charge in [-0.25, -0.2) is 0 Å². The summed E-state index contributed by atoms with van der Waals surface area (Å²) >= 11 is 6.00. The van der Waals surface area contributed by atoms with Crippen LogP contribution in [-0.2, 0) is 6.42 Å². The van der Waals surface area contributed by atoms with E-state index >= 15 is 0 Å². The van der Waals surface area contributed by atoms with Crippen LogP contribution in [0.5, 0.6) is 0 Å². The molecule has 112 valence electrons. The molecule has 0 spiro atoms. The van der Waals surface area contributed by atoms with E-state index in [1.165, 1.54) is 0 Å². The van der Waals surface area contributed by atoms with Gasteiger partial charge in [-0.1, -0.05) is 42.6 Å². The topological polar surface area (TPSA) is 20.2 Å². The summed E-state index contributed by atoms with van der Waals surface area (Å²) in [5, 5.41) is 10.7. The van der Waals surface area contributed by atoms with E-state index in [1.54, 1.807) is 24.3 Å². The first-order valence-electron chi connectivity index (χ1n) is 6.88. The number of hydrogen-bond donors (Lipinski definition) is 1. The maximum Gasteiger partial charge on any atom is 0.392 e. The minimum Gasteiger partial charge on any atom is -0.392 e. The van der Waals surface area contributed by atoms with Gasteiger partial charge in [-0.2, -0.15) is 13.2 Å². The molecule has 1 fully saturated rings. The first-order valence-corrected chi connectivity index (χ1v) is 7.25. The summed E-state index contributed by atoms with van der Waals surface area (Å²) in [7, 11) is 0. The van der Waals surface area contributed by atoms with Crippen molar-refractivity contribution in [2.24, 2.45) is 11.8 Å². The average Bonchev–Trinajstić information content (AvgIpc) is 2.40. The maximum absolute atomic E-state index is 13.0. The van der Waals surface area contributed by atoms with E-state index in [-0.39, 0.29) is 12.8 Å². The lowest BCUT2D eigenvalue weighted by Gasteiger charge is -2.36. The molecule has 1 aromatic carbocycles. The number of rotatable bonds is 3. The second-order valence-corrected chi connectivity index (χ2v) is 5.87. The van der Waals surface area contributed by atoms with Crippen molar-refractivity contribution < 1.29 is 18.3 Å². The fraction of sp³-hybridized carbons (Fsp3) is 0.600. The van der Waals surface area contributed by atoms with Gasteiger partial charge in [0.1, 0.15) is 0 Å². The molecule has 5 heteroatoms. The van der Waals surface area contributed by atoms with Crippen LogP contribution in [0, 0.1) is 11.8 Å². The second-order valence-electron chi connectivity index (χ2n) is 5.46. The molecular weight excluding hydrogens is 289 g/mol. The third-order valence-corrected chi connectivity index (χ3v) is 4.49. The molecule has 0 aromatic heterocycles. The summed E-state index contributed by atoms with van der Waals surface area (Å²) in [6.45, 7) is 0. The second kappa shape index (κ2) is 6.35. The van der Waals surface area contributed by atoms with Gasteiger partial charge in [-0.05, 0) is 30.4 Å². The van der Waals surface area contributed by atoms with Crippen molar-refractivity contribution in [2.75, 3.05) is 0 Å². The van der Waals surface area contributed by atoms with E-state index in [2.05, 4.69) is 0 Å². The Morgan fingerprint density at radius 2 is 1.85 bits per heavy atom. The molecule has 1 aliphatic carbocycles. The molecule has 20 heavy (non-hydrogen) atoms. The smallest absolute Gasteiger partial charge is 0.392 e. The van der Waals surface area contributed by atoms with E-state index in [4.69, 9.17) is 11.6 Å². The standard InChI is InChI=1S/C15H18ClF3O/c16-13-8-4-1-5-10(13)9-14(20)11-6-2-3-7-12(11)15(17,18)19/h1,4-5,8,11-12,14,20H,2-3,6-7,9H2. The summed E-state index contributed by atoms with van der Waals surface area (Å²) in [5.41, 5.74) is 0.702. The summed E-state index contributed by atoms with van der Waals surface area (Å²) in [5.74, 6) is -2.12. The number of aliphatic hydroxyl groups is 1. The Kier molecular flexibility index (Phi) is 4.97. The van der Waals surface area contributed by atoms with Gasteiger partial charge in [-0.15, -0.1) is 0 Å². The van der Waals surface area contributed by atoms with E-state index in [0.717, 1.165) is 6.42 Å². The zero-order valence-electron chi connectivity index (χ0n) is 11.0. The third-order valence-electron chi connectivity index (χ3n) is 4.12. The summed E-state index contributed by atoms with van der Waals surface area (Å²) < 4.78 is 39.1. The van der Waals surface area contributed by atoms with Crippen LogP contribution in [-0.4, -0.2) is 17.4 Å². The molecule has 0 heterocycles. The highest BCUT2D eigenvalue weighted by Crippen LogP contribution is 2.43. The zero-order valence-corrected chi connectivity index (χ0v) is 11.8. The molecule has 3 atom stereocenters. The Morgan fingerprint density at radius 3 is 2.50 bits per heavy atom. The minimum atomic E-state index is -4.23. The third kappa shape index (κ3) is 3.67. The van der Waals surface area contributed by atoms with Gasteiger partial charge in [0.05, 0.1) is 12.0 Å². The van der Waals surface area contributed by atoms with Crippen LogP contribution >= 0.6 is 11.6 Å². The van der Waals surface area contributed by atoms with Crippen LogP contribution in [0.25, 0.3) is 0 Å². The van der Waals surface area contributed by atoms with Crippen LogP contribution in [0.15, 0.2) is 24.3 Å². The Bertz CT molecular complexity index is 447. The molecule has 0 saturated heterocycles. The number of halogens is 4. The highest BCUT2D eigenvalue weighted by Gasteiger charge is 2.47. The fourth-order valence-corrected chi connectivity index (χ4v) is 3.28. The molecule has 0 radical (unpaired) electrons. The van der Waals surface area contributed by atoms with E-state index in [9.17, 15) is 18.3 Å². The molecule has 0 amide bonds. The van der Waals surface area contributed by atoms with Crippen molar-refractivity contribution in [3.8, 4) is 0 Å². The van der Waals surface area contributed by atoms with Crippen molar-refractivity contribution in [3.63, 3.8) is 0 Å². The van der Waals surface area contributed by atoms with Crippen LogP contribution in [0.3, 0.4) is 0 Å². The molecule has 0 bridgehead atoms. The number of aliphatic hydroxyl groups excluding tert-OH is 1. The number of hydrogen-bond acceptors (Lipinski definition) is 1. The molecule has 1 aliphatic rings. The van der Waals surface area contributed by atoms with Gasteiger partial charge in [0, 0.05) is 11.4 Å². The molecule has 1 N–H and O–H groups in total. The molecular formula is C15H18ClF3O. The lowest BCUT2D eigenvalue weighted by molar-refractivity contribution is -0.206. The number of alkyl halides is 3. The molecule has 1 aromatic rings. The monoisotopic (exact) mass is 306 g/mol. The first kappa shape index (κ1) is 15.6. The van der Waals surface area contributed by atoms with Crippen LogP contribution in [0.4, 0.5) is 13.2 Å². The Morgan fingerprint density at radius 1 is 1.20 bits per heavy atom. The van der Waals surface area contributed by atoms with E-state index < -0.39 is 24.1 Å². The highest BCUT2D eigenvalue weighted by atomic mass is 35.5. The highest BCUT2D eigenvalue weighted by molar-refractivity contribution is 6.31. The number of benzene rings is 1. The lowest BCUT2D eigenvalue weighted by Crippen LogP contribution is -2.40.